The van der Waals surface area contributed by atoms with Crippen molar-refractivity contribution in [3.63, 3.8) is 0 Å². The van der Waals surface area contributed by atoms with Crippen molar-refractivity contribution >= 4 is 11.5 Å². The van der Waals surface area contributed by atoms with Crippen molar-refractivity contribution < 1.29 is 10.3 Å². The average molecular weight is 236 g/mol. The van der Waals surface area contributed by atoms with Crippen LogP contribution in [0.3, 0.4) is 0 Å². The quantitative estimate of drug-likeness (QED) is 0.294. The van der Waals surface area contributed by atoms with E-state index in [1.807, 2.05) is 13.0 Å². The molecule has 0 radical (unpaired) electrons. The predicted octanol–water partition coefficient (Wildman–Crippen LogP) is 0.137. The van der Waals surface area contributed by atoms with Gasteiger partial charge in [0.05, 0.1) is 5.60 Å². The molecule has 92 valence electrons. The Labute approximate surface area is 99.4 Å². The Morgan fingerprint density at radius 1 is 1.65 bits per heavy atom. The van der Waals surface area contributed by atoms with Crippen molar-refractivity contribution in [2.45, 2.75) is 18.9 Å². The summed E-state index contributed by atoms with van der Waals surface area (Å²) in [7, 11) is 0. The minimum atomic E-state index is -0.653. The largest absolute Gasteiger partial charge is 0.409 e. The van der Waals surface area contributed by atoms with Crippen LogP contribution in [0, 0.1) is 0 Å². The molecule has 2 rings (SSSR count). The number of rotatable bonds is 2. The lowest BCUT2D eigenvalue weighted by Crippen LogP contribution is -2.29. The molecule has 1 saturated heterocycles. The first-order valence-electron chi connectivity index (χ1n) is 5.43. The number of aliphatic hydroxyl groups is 1. The highest BCUT2D eigenvalue weighted by atomic mass is 16.4. The lowest BCUT2D eigenvalue weighted by Gasteiger charge is -2.21. The zero-order chi connectivity index (χ0) is 12.5. The molecule has 6 heteroatoms. The predicted molar refractivity (Wildman–Crippen MR) is 64.2 cm³/mol. The monoisotopic (exact) mass is 236 g/mol. The molecule has 0 aromatic carbocycles. The molecule has 1 atom stereocenters. The molecule has 2 heterocycles. The average Bonchev–Trinajstić information content (AvgIpc) is 2.69. The summed E-state index contributed by atoms with van der Waals surface area (Å²) in [4.78, 5) is 6.06. The second kappa shape index (κ2) is 4.21. The number of pyridine rings is 1. The molecular weight excluding hydrogens is 220 g/mol. The van der Waals surface area contributed by atoms with Gasteiger partial charge in [0, 0.05) is 25.0 Å². The summed E-state index contributed by atoms with van der Waals surface area (Å²) in [6.07, 6.45) is 2.34. The molecule has 0 spiro atoms. The van der Waals surface area contributed by atoms with Crippen molar-refractivity contribution in [2.75, 3.05) is 18.0 Å². The number of oxime groups is 1. The number of nitrogens with two attached hydrogens (primary N) is 1. The molecular formula is C11H16N4O2. The van der Waals surface area contributed by atoms with Gasteiger partial charge in [0.25, 0.3) is 0 Å². The minimum absolute atomic E-state index is 0.0159. The number of aromatic nitrogens is 1. The number of anilines is 1. The van der Waals surface area contributed by atoms with Gasteiger partial charge in [0.15, 0.2) is 5.84 Å². The smallest absolute Gasteiger partial charge is 0.188 e. The number of hydrogen-bond donors (Lipinski definition) is 3. The van der Waals surface area contributed by atoms with E-state index in [2.05, 4.69) is 15.0 Å². The van der Waals surface area contributed by atoms with Crippen LogP contribution in [0.25, 0.3) is 0 Å². The van der Waals surface area contributed by atoms with Crippen molar-refractivity contribution in [1.82, 2.24) is 4.98 Å². The van der Waals surface area contributed by atoms with Gasteiger partial charge in [-0.2, -0.15) is 0 Å². The molecule has 0 aliphatic carbocycles. The highest BCUT2D eigenvalue weighted by Crippen LogP contribution is 2.26. The van der Waals surface area contributed by atoms with Gasteiger partial charge >= 0.3 is 0 Å². The first-order chi connectivity index (χ1) is 8.02. The van der Waals surface area contributed by atoms with Crippen LogP contribution in [-0.4, -0.2) is 39.8 Å². The fourth-order valence-electron chi connectivity index (χ4n) is 1.97. The number of nitrogens with zero attached hydrogens (tertiary/aromatic N) is 3. The van der Waals surface area contributed by atoms with Gasteiger partial charge < -0.3 is 20.9 Å². The van der Waals surface area contributed by atoms with Gasteiger partial charge in [-0.3, -0.25) is 4.98 Å². The highest BCUT2D eigenvalue weighted by Gasteiger charge is 2.31. The topological polar surface area (TPSA) is 95.0 Å². The summed E-state index contributed by atoms with van der Waals surface area (Å²) >= 11 is 0. The summed E-state index contributed by atoms with van der Waals surface area (Å²) in [5, 5.41) is 21.4. The third-order valence-corrected chi connectivity index (χ3v) is 2.93. The molecule has 17 heavy (non-hydrogen) atoms. The van der Waals surface area contributed by atoms with E-state index in [9.17, 15) is 5.11 Å². The summed E-state index contributed by atoms with van der Waals surface area (Å²) < 4.78 is 0. The Bertz CT molecular complexity index is 445. The molecule has 1 aliphatic heterocycles. The number of β-amino-alcohol motifs (C(OH)–C–C–N with tert-alkyl or cyclic N) is 1. The lowest BCUT2D eigenvalue weighted by molar-refractivity contribution is 0.0839. The maximum absolute atomic E-state index is 9.91. The summed E-state index contributed by atoms with van der Waals surface area (Å²) in [6, 6.07) is 3.59. The zero-order valence-electron chi connectivity index (χ0n) is 9.67. The Morgan fingerprint density at radius 3 is 3.00 bits per heavy atom. The van der Waals surface area contributed by atoms with Crippen LogP contribution in [0.1, 0.15) is 19.0 Å². The SMILES string of the molecule is CC1(O)CCN(c2ccnc(/C(N)=N/O)c2)C1. The molecule has 0 amide bonds. The maximum Gasteiger partial charge on any atom is 0.188 e. The van der Waals surface area contributed by atoms with Crippen LogP contribution in [0.4, 0.5) is 5.69 Å². The molecule has 1 aliphatic rings. The van der Waals surface area contributed by atoms with Gasteiger partial charge in [-0.1, -0.05) is 5.16 Å². The van der Waals surface area contributed by atoms with Crippen molar-refractivity contribution in [3.8, 4) is 0 Å². The molecule has 1 unspecified atom stereocenters. The van der Waals surface area contributed by atoms with E-state index in [0.29, 0.717) is 12.2 Å². The van der Waals surface area contributed by atoms with Gasteiger partial charge in [-0.05, 0) is 25.5 Å². The van der Waals surface area contributed by atoms with Crippen molar-refractivity contribution in [1.29, 1.82) is 0 Å². The molecule has 0 saturated carbocycles. The molecule has 4 N–H and O–H groups in total. The third kappa shape index (κ3) is 2.47. The van der Waals surface area contributed by atoms with Crippen LogP contribution in [0.5, 0.6) is 0 Å². The van der Waals surface area contributed by atoms with Crippen LogP contribution in [0.2, 0.25) is 0 Å². The van der Waals surface area contributed by atoms with Crippen molar-refractivity contribution in [2.24, 2.45) is 10.9 Å². The van der Waals surface area contributed by atoms with Crippen LogP contribution < -0.4 is 10.6 Å². The number of hydrogen-bond acceptors (Lipinski definition) is 5. The first-order valence-corrected chi connectivity index (χ1v) is 5.43. The molecule has 1 aromatic rings. The highest BCUT2D eigenvalue weighted by molar-refractivity contribution is 5.95. The normalized spacial score (nSPS) is 25.3. The van der Waals surface area contributed by atoms with Crippen LogP contribution in [-0.2, 0) is 0 Å². The molecule has 1 aromatic heterocycles. The van der Waals surface area contributed by atoms with E-state index in [0.717, 1.165) is 18.7 Å². The van der Waals surface area contributed by atoms with E-state index in [1.54, 1.807) is 12.3 Å². The standard InChI is InChI=1S/C11H16N4O2/c1-11(16)3-5-15(7-11)8-2-4-13-9(6-8)10(12)14-17/h2,4,6,16-17H,3,5,7H2,1H3,(H2,12,14). The Morgan fingerprint density at radius 2 is 2.41 bits per heavy atom. The van der Waals surface area contributed by atoms with Gasteiger partial charge in [0.1, 0.15) is 5.69 Å². The lowest BCUT2D eigenvalue weighted by atomic mass is 10.1. The first kappa shape index (κ1) is 11.7. The Kier molecular flexibility index (Phi) is 2.89. The second-order valence-corrected chi connectivity index (χ2v) is 4.55. The van der Waals surface area contributed by atoms with Gasteiger partial charge in [-0.25, -0.2) is 0 Å². The van der Waals surface area contributed by atoms with E-state index in [4.69, 9.17) is 10.9 Å². The van der Waals surface area contributed by atoms with E-state index < -0.39 is 5.60 Å². The van der Waals surface area contributed by atoms with Crippen molar-refractivity contribution in [3.05, 3.63) is 24.0 Å². The Balaban J connectivity index is 2.23. The van der Waals surface area contributed by atoms with E-state index >= 15 is 0 Å². The fourth-order valence-corrected chi connectivity index (χ4v) is 1.97. The third-order valence-electron chi connectivity index (χ3n) is 2.93. The zero-order valence-corrected chi connectivity index (χ0v) is 9.67. The molecule has 6 nitrogen and oxygen atoms in total. The van der Waals surface area contributed by atoms with Crippen LogP contribution >= 0.6 is 0 Å². The van der Waals surface area contributed by atoms with E-state index in [-0.39, 0.29) is 5.84 Å². The second-order valence-electron chi connectivity index (χ2n) is 4.55. The maximum atomic E-state index is 9.91. The van der Waals surface area contributed by atoms with Crippen LogP contribution in [0.15, 0.2) is 23.5 Å². The molecule has 1 fully saturated rings. The van der Waals surface area contributed by atoms with Gasteiger partial charge in [-0.15, -0.1) is 0 Å². The minimum Gasteiger partial charge on any atom is -0.409 e. The summed E-state index contributed by atoms with van der Waals surface area (Å²) in [5.74, 6) is -0.0159. The van der Waals surface area contributed by atoms with Gasteiger partial charge in [0.2, 0.25) is 0 Å². The summed E-state index contributed by atoms with van der Waals surface area (Å²) in [6.45, 7) is 3.18. The number of amidine groups is 1. The fraction of sp³-hybridized carbons (Fsp3) is 0.455. The van der Waals surface area contributed by atoms with E-state index in [1.165, 1.54) is 0 Å². The molecule has 0 bridgehead atoms. The Hall–Kier alpha value is -1.82. The summed E-state index contributed by atoms with van der Waals surface area (Å²) in [5.41, 5.74) is 6.18.